The van der Waals surface area contributed by atoms with E-state index in [1.807, 2.05) is 0 Å². The van der Waals surface area contributed by atoms with Gasteiger partial charge in [-0.15, -0.1) is 0 Å². The number of rotatable bonds is 3. The van der Waals surface area contributed by atoms with Crippen LogP contribution in [0.1, 0.15) is 12.8 Å². The Labute approximate surface area is 110 Å². The predicted octanol–water partition coefficient (Wildman–Crippen LogP) is 1.21. The third-order valence-electron chi connectivity index (χ3n) is 2.71. The van der Waals surface area contributed by atoms with E-state index in [9.17, 15) is 9.59 Å². The van der Waals surface area contributed by atoms with Gasteiger partial charge in [0.15, 0.2) is 11.5 Å². The Morgan fingerprint density at radius 3 is 2.58 bits per heavy atom. The summed E-state index contributed by atoms with van der Waals surface area (Å²) in [5, 5.41) is 5.05. The molecule has 0 unspecified atom stereocenters. The monoisotopic (exact) mass is 262 g/mol. The molecule has 1 amide bonds. The molecule has 1 aromatic rings. The van der Waals surface area contributed by atoms with E-state index >= 15 is 0 Å². The van der Waals surface area contributed by atoms with Crippen molar-refractivity contribution >= 4 is 17.6 Å². The lowest BCUT2D eigenvalue weighted by Crippen LogP contribution is -2.33. The van der Waals surface area contributed by atoms with Gasteiger partial charge in [-0.05, 0) is 12.1 Å². The second kappa shape index (κ2) is 5.51. The number of methoxy groups -OCH3 is 1. The van der Waals surface area contributed by atoms with E-state index < -0.39 is 5.97 Å². The van der Waals surface area contributed by atoms with Crippen molar-refractivity contribution < 1.29 is 19.1 Å². The second-order valence-electron chi connectivity index (χ2n) is 4.00. The summed E-state index contributed by atoms with van der Waals surface area (Å²) < 4.78 is 10.3. The van der Waals surface area contributed by atoms with Crippen LogP contribution in [0.5, 0.6) is 11.5 Å². The smallest absolute Gasteiger partial charge is 0.360 e. The fourth-order valence-electron chi connectivity index (χ4n) is 1.68. The van der Waals surface area contributed by atoms with Crippen molar-refractivity contribution in [2.24, 2.45) is 5.10 Å². The molecule has 0 radical (unpaired) electrons. The van der Waals surface area contributed by atoms with Crippen LogP contribution in [0.2, 0.25) is 0 Å². The zero-order chi connectivity index (χ0) is 13.8. The summed E-state index contributed by atoms with van der Waals surface area (Å²) >= 11 is 0. The number of hydrogen-bond donors (Lipinski definition) is 0. The molecule has 1 aliphatic rings. The number of hydrazone groups is 1. The quantitative estimate of drug-likeness (QED) is 0.606. The van der Waals surface area contributed by atoms with E-state index in [-0.39, 0.29) is 24.5 Å². The summed E-state index contributed by atoms with van der Waals surface area (Å²) in [6.45, 7) is 0. The summed E-state index contributed by atoms with van der Waals surface area (Å²) in [4.78, 5) is 23.2. The molecule has 0 saturated heterocycles. The average molecular weight is 262 g/mol. The maximum atomic E-state index is 11.9. The van der Waals surface area contributed by atoms with Crippen LogP contribution in [-0.2, 0) is 9.59 Å². The minimum Gasteiger partial charge on any atom is -0.493 e. The van der Waals surface area contributed by atoms with E-state index in [1.54, 1.807) is 24.3 Å². The molecule has 0 saturated carbocycles. The highest BCUT2D eigenvalue weighted by molar-refractivity contribution is 6.37. The molecule has 6 heteroatoms. The lowest BCUT2D eigenvalue weighted by atomic mass is 10.2. The lowest BCUT2D eigenvalue weighted by molar-refractivity contribution is -0.131. The molecule has 0 aromatic heterocycles. The molecule has 100 valence electrons. The molecule has 1 aromatic carbocycles. The number of nitrogens with zero attached hydrogens (tertiary/aromatic N) is 2. The fourth-order valence-corrected chi connectivity index (χ4v) is 1.68. The molecule has 0 N–H and O–H groups in total. The van der Waals surface area contributed by atoms with Crippen LogP contribution in [0, 0.1) is 0 Å². The normalized spacial score (nSPS) is 14.9. The van der Waals surface area contributed by atoms with Crippen molar-refractivity contribution in [3.63, 3.8) is 0 Å². The van der Waals surface area contributed by atoms with Crippen LogP contribution in [0.25, 0.3) is 0 Å². The Morgan fingerprint density at radius 1 is 1.26 bits per heavy atom. The van der Waals surface area contributed by atoms with Crippen LogP contribution in [0.4, 0.5) is 0 Å². The fraction of sp³-hybridized carbons (Fsp3) is 0.308. The third-order valence-corrected chi connectivity index (χ3v) is 2.71. The van der Waals surface area contributed by atoms with E-state index in [1.165, 1.54) is 14.2 Å². The maximum Gasteiger partial charge on any atom is 0.360 e. The second-order valence-corrected chi connectivity index (χ2v) is 4.00. The van der Waals surface area contributed by atoms with Gasteiger partial charge in [0.2, 0.25) is 5.91 Å². The largest absolute Gasteiger partial charge is 0.493 e. The standard InChI is InChI=1S/C13H14N2O4/c1-15-12(16)8-7-9(14-15)13(17)19-11-6-4-3-5-10(11)18-2/h3-6H,7-8H2,1-2H3. The molecular weight excluding hydrogens is 248 g/mol. The van der Waals surface area contributed by atoms with E-state index in [0.717, 1.165) is 5.01 Å². The number of ether oxygens (including phenoxy) is 2. The zero-order valence-electron chi connectivity index (χ0n) is 10.8. The highest BCUT2D eigenvalue weighted by atomic mass is 16.6. The van der Waals surface area contributed by atoms with Crippen LogP contribution >= 0.6 is 0 Å². The highest BCUT2D eigenvalue weighted by Gasteiger charge is 2.24. The third kappa shape index (κ3) is 2.90. The minimum atomic E-state index is -0.566. The Morgan fingerprint density at radius 2 is 1.95 bits per heavy atom. The van der Waals surface area contributed by atoms with E-state index in [2.05, 4.69) is 5.10 Å². The Balaban J connectivity index is 2.13. The van der Waals surface area contributed by atoms with Gasteiger partial charge < -0.3 is 9.47 Å². The molecule has 2 rings (SSSR count). The van der Waals surface area contributed by atoms with Crippen molar-refractivity contribution in [3.8, 4) is 11.5 Å². The van der Waals surface area contributed by atoms with E-state index in [4.69, 9.17) is 9.47 Å². The SMILES string of the molecule is COc1ccccc1OC(=O)C1=NN(C)C(=O)CC1. The van der Waals surface area contributed by atoms with Gasteiger partial charge in [0.05, 0.1) is 7.11 Å². The topological polar surface area (TPSA) is 68.2 Å². The van der Waals surface area contributed by atoms with Gasteiger partial charge in [-0.2, -0.15) is 5.10 Å². The first kappa shape index (κ1) is 13.1. The van der Waals surface area contributed by atoms with Crippen LogP contribution in [0.15, 0.2) is 29.4 Å². The van der Waals surface area contributed by atoms with E-state index in [0.29, 0.717) is 11.5 Å². The number of benzene rings is 1. The maximum absolute atomic E-state index is 11.9. The number of para-hydroxylation sites is 2. The molecule has 6 nitrogen and oxygen atoms in total. The molecule has 0 fully saturated rings. The summed E-state index contributed by atoms with van der Waals surface area (Å²) in [6, 6.07) is 6.85. The van der Waals surface area contributed by atoms with Gasteiger partial charge in [-0.25, -0.2) is 9.80 Å². The number of esters is 1. The van der Waals surface area contributed by atoms with Crippen LogP contribution in [0.3, 0.4) is 0 Å². The number of amides is 1. The lowest BCUT2D eigenvalue weighted by Gasteiger charge is -2.18. The average Bonchev–Trinajstić information content (AvgIpc) is 2.42. The first-order valence-electron chi connectivity index (χ1n) is 5.81. The van der Waals surface area contributed by atoms with Gasteiger partial charge in [-0.1, -0.05) is 12.1 Å². The van der Waals surface area contributed by atoms with Crippen molar-refractivity contribution in [1.29, 1.82) is 0 Å². The minimum absolute atomic E-state index is 0.117. The molecule has 19 heavy (non-hydrogen) atoms. The molecule has 0 aliphatic carbocycles. The molecule has 1 aliphatic heterocycles. The summed E-state index contributed by atoms with van der Waals surface area (Å²) in [5.41, 5.74) is 0.230. The van der Waals surface area contributed by atoms with Gasteiger partial charge in [0.25, 0.3) is 0 Å². The van der Waals surface area contributed by atoms with Gasteiger partial charge in [-0.3, -0.25) is 4.79 Å². The Hall–Kier alpha value is -2.37. The highest BCUT2D eigenvalue weighted by Crippen LogP contribution is 2.26. The van der Waals surface area contributed by atoms with Crippen molar-refractivity contribution in [3.05, 3.63) is 24.3 Å². The Bertz CT molecular complexity index is 539. The van der Waals surface area contributed by atoms with Crippen molar-refractivity contribution in [1.82, 2.24) is 5.01 Å². The van der Waals surface area contributed by atoms with Gasteiger partial charge >= 0.3 is 5.97 Å². The van der Waals surface area contributed by atoms with Crippen molar-refractivity contribution in [2.45, 2.75) is 12.8 Å². The van der Waals surface area contributed by atoms with Crippen LogP contribution < -0.4 is 9.47 Å². The first-order valence-corrected chi connectivity index (χ1v) is 5.81. The predicted molar refractivity (Wildman–Crippen MR) is 68.1 cm³/mol. The molecule has 0 atom stereocenters. The van der Waals surface area contributed by atoms with Crippen molar-refractivity contribution in [2.75, 3.05) is 14.2 Å². The number of carbonyl (C=O) groups excluding carboxylic acids is 2. The molecule has 0 spiro atoms. The summed E-state index contributed by atoms with van der Waals surface area (Å²) in [7, 11) is 3.01. The molecular formula is C13H14N2O4. The number of carbonyl (C=O) groups is 2. The molecule has 1 heterocycles. The summed E-state index contributed by atoms with van der Waals surface area (Å²) in [5.74, 6) is 0.117. The first-order chi connectivity index (χ1) is 9.11. The molecule has 0 bridgehead atoms. The number of hydrogen-bond acceptors (Lipinski definition) is 5. The Kier molecular flexibility index (Phi) is 3.79. The summed E-state index contributed by atoms with van der Waals surface area (Å²) in [6.07, 6.45) is 0.549. The van der Waals surface area contributed by atoms with Gasteiger partial charge in [0.1, 0.15) is 5.71 Å². The van der Waals surface area contributed by atoms with Crippen LogP contribution in [-0.4, -0.2) is 36.8 Å². The van der Waals surface area contributed by atoms with Gasteiger partial charge in [0, 0.05) is 19.9 Å². The zero-order valence-corrected chi connectivity index (χ0v) is 10.8.